The first-order valence-corrected chi connectivity index (χ1v) is 8.50. The summed E-state index contributed by atoms with van der Waals surface area (Å²) in [6.07, 6.45) is 6.40. The summed E-state index contributed by atoms with van der Waals surface area (Å²) in [4.78, 5) is 44.1. The molecule has 0 aromatic carbocycles. The monoisotopic (exact) mass is 366 g/mol. The fraction of sp³-hybridized carbons (Fsp3) is 0.294. The number of hydrogen-bond acceptors (Lipinski definition) is 7. The normalized spacial score (nSPS) is 14.6. The van der Waals surface area contributed by atoms with Crippen LogP contribution in [0.3, 0.4) is 0 Å². The third-order valence-electron chi connectivity index (χ3n) is 4.56. The molecule has 0 atom stereocenters. The van der Waals surface area contributed by atoms with Gasteiger partial charge in [0, 0.05) is 45.5 Å². The van der Waals surface area contributed by atoms with Gasteiger partial charge in [0.2, 0.25) is 11.9 Å². The van der Waals surface area contributed by atoms with Gasteiger partial charge in [0.1, 0.15) is 5.69 Å². The molecule has 3 aromatic heterocycles. The van der Waals surface area contributed by atoms with E-state index in [-0.39, 0.29) is 11.6 Å². The van der Waals surface area contributed by atoms with Gasteiger partial charge in [-0.1, -0.05) is 0 Å². The topological polar surface area (TPSA) is 123 Å². The summed E-state index contributed by atoms with van der Waals surface area (Å²) in [5, 5.41) is 0. The Hall–Kier alpha value is -3.56. The number of imidazole rings is 1. The van der Waals surface area contributed by atoms with Gasteiger partial charge in [0.05, 0.1) is 23.8 Å². The quantitative estimate of drug-likeness (QED) is 0.689. The van der Waals surface area contributed by atoms with Crippen LogP contribution in [0.2, 0.25) is 0 Å². The van der Waals surface area contributed by atoms with E-state index in [0.29, 0.717) is 49.2 Å². The molecule has 138 valence electrons. The predicted octanol–water partition coefficient (Wildman–Crippen LogP) is -0.0463. The lowest BCUT2D eigenvalue weighted by Crippen LogP contribution is -2.48. The Labute approximate surface area is 154 Å². The number of piperazine rings is 1. The zero-order valence-electron chi connectivity index (χ0n) is 14.7. The maximum absolute atomic E-state index is 11.5. The molecule has 0 radical (unpaired) electrons. The van der Waals surface area contributed by atoms with Crippen LogP contribution in [0.4, 0.5) is 5.95 Å². The highest BCUT2D eigenvalue weighted by atomic mass is 16.2. The van der Waals surface area contributed by atoms with Crippen LogP contribution in [0.5, 0.6) is 0 Å². The summed E-state index contributed by atoms with van der Waals surface area (Å²) in [7, 11) is 0. The van der Waals surface area contributed by atoms with Crippen molar-refractivity contribution in [2.24, 2.45) is 5.73 Å². The van der Waals surface area contributed by atoms with Gasteiger partial charge < -0.3 is 15.5 Å². The van der Waals surface area contributed by atoms with Gasteiger partial charge in [-0.15, -0.1) is 0 Å². The minimum atomic E-state index is -0.608. The molecule has 2 N–H and O–H groups in total. The minimum Gasteiger partial charge on any atom is -0.364 e. The molecule has 4 rings (SSSR count). The highest BCUT2D eigenvalue weighted by molar-refractivity contribution is 5.90. The lowest BCUT2D eigenvalue weighted by Gasteiger charge is -2.34. The maximum Gasteiger partial charge on any atom is 0.268 e. The van der Waals surface area contributed by atoms with Crippen LogP contribution >= 0.6 is 0 Å². The number of primary amides is 1. The molecule has 3 aromatic rings. The van der Waals surface area contributed by atoms with Gasteiger partial charge >= 0.3 is 0 Å². The van der Waals surface area contributed by atoms with E-state index in [0.717, 1.165) is 0 Å². The SMILES string of the molecule is CC(=O)N1CCN(c2nccc(-c3cnc4cnc(C(N)=O)cn34)n2)CC1. The summed E-state index contributed by atoms with van der Waals surface area (Å²) < 4.78 is 1.73. The van der Waals surface area contributed by atoms with E-state index in [9.17, 15) is 9.59 Å². The Balaban J connectivity index is 1.65. The number of nitrogens with two attached hydrogens (primary N) is 1. The van der Waals surface area contributed by atoms with Crippen molar-refractivity contribution in [3.05, 3.63) is 36.5 Å². The van der Waals surface area contributed by atoms with Crippen molar-refractivity contribution in [3.63, 3.8) is 0 Å². The molecular weight excluding hydrogens is 348 g/mol. The average molecular weight is 366 g/mol. The molecular formula is C17H18N8O2. The molecule has 10 nitrogen and oxygen atoms in total. The van der Waals surface area contributed by atoms with Gasteiger partial charge in [0.15, 0.2) is 5.65 Å². The van der Waals surface area contributed by atoms with Crippen LogP contribution in [0.25, 0.3) is 17.0 Å². The van der Waals surface area contributed by atoms with E-state index in [1.807, 2.05) is 9.80 Å². The summed E-state index contributed by atoms with van der Waals surface area (Å²) in [6.45, 7) is 4.21. The highest BCUT2D eigenvalue weighted by Gasteiger charge is 2.21. The van der Waals surface area contributed by atoms with Crippen molar-refractivity contribution in [3.8, 4) is 11.4 Å². The second-order valence-corrected chi connectivity index (χ2v) is 6.24. The molecule has 0 saturated carbocycles. The second kappa shape index (κ2) is 6.63. The summed E-state index contributed by atoms with van der Waals surface area (Å²) in [5.41, 5.74) is 7.44. The first-order chi connectivity index (χ1) is 13.0. The third kappa shape index (κ3) is 3.16. The summed E-state index contributed by atoms with van der Waals surface area (Å²) >= 11 is 0. The van der Waals surface area contributed by atoms with Gasteiger partial charge in [0.25, 0.3) is 5.91 Å². The van der Waals surface area contributed by atoms with Crippen molar-refractivity contribution in [2.45, 2.75) is 6.92 Å². The van der Waals surface area contributed by atoms with E-state index in [1.165, 1.54) is 6.20 Å². The molecule has 1 saturated heterocycles. The number of rotatable bonds is 3. The zero-order chi connectivity index (χ0) is 19.0. The first-order valence-electron chi connectivity index (χ1n) is 8.50. The molecule has 27 heavy (non-hydrogen) atoms. The van der Waals surface area contributed by atoms with Crippen molar-refractivity contribution in [2.75, 3.05) is 31.1 Å². The van der Waals surface area contributed by atoms with Crippen molar-refractivity contribution in [1.82, 2.24) is 29.2 Å². The van der Waals surface area contributed by atoms with Crippen LogP contribution in [0.1, 0.15) is 17.4 Å². The van der Waals surface area contributed by atoms with E-state index in [1.54, 1.807) is 36.0 Å². The Kier molecular flexibility index (Phi) is 4.15. The average Bonchev–Trinajstić information content (AvgIpc) is 3.11. The molecule has 0 unspecified atom stereocenters. The fourth-order valence-corrected chi connectivity index (χ4v) is 3.07. The van der Waals surface area contributed by atoms with E-state index in [4.69, 9.17) is 5.73 Å². The third-order valence-corrected chi connectivity index (χ3v) is 4.56. The molecule has 0 aliphatic carbocycles. The predicted molar refractivity (Wildman–Crippen MR) is 97.0 cm³/mol. The summed E-state index contributed by atoms with van der Waals surface area (Å²) in [5.74, 6) is 0.0621. The van der Waals surface area contributed by atoms with Crippen LogP contribution in [0, 0.1) is 0 Å². The first kappa shape index (κ1) is 16.9. The Bertz CT molecular complexity index is 1020. The van der Waals surface area contributed by atoms with Gasteiger partial charge in [-0.25, -0.2) is 19.9 Å². The molecule has 2 amide bonds. The standard InChI is InChI=1S/C17H18N8O2/c1-11(26)23-4-6-24(7-5-23)17-19-3-2-12(22-17)14-8-21-15-9-20-13(16(18)27)10-25(14)15/h2-3,8-10H,4-7H2,1H3,(H2,18,27). The number of fused-ring (bicyclic) bond motifs is 1. The van der Waals surface area contributed by atoms with Crippen LogP contribution in [0.15, 0.2) is 30.9 Å². The van der Waals surface area contributed by atoms with E-state index in [2.05, 4.69) is 19.9 Å². The lowest BCUT2D eigenvalue weighted by molar-refractivity contribution is -0.129. The Morgan fingerprint density at radius 1 is 1.07 bits per heavy atom. The number of anilines is 1. The molecule has 4 heterocycles. The number of nitrogens with zero attached hydrogens (tertiary/aromatic N) is 7. The number of amides is 2. The minimum absolute atomic E-state index is 0.0777. The Morgan fingerprint density at radius 3 is 2.56 bits per heavy atom. The van der Waals surface area contributed by atoms with Crippen molar-refractivity contribution >= 4 is 23.4 Å². The molecule has 1 aliphatic rings. The van der Waals surface area contributed by atoms with Crippen LogP contribution in [-0.4, -0.2) is 67.2 Å². The van der Waals surface area contributed by atoms with Crippen LogP contribution in [-0.2, 0) is 4.79 Å². The molecule has 0 bridgehead atoms. The second-order valence-electron chi connectivity index (χ2n) is 6.24. The summed E-state index contributed by atoms with van der Waals surface area (Å²) in [6, 6.07) is 1.78. The van der Waals surface area contributed by atoms with E-state index < -0.39 is 5.91 Å². The van der Waals surface area contributed by atoms with Gasteiger partial charge in [-0.2, -0.15) is 0 Å². The number of carbonyl (C=O) groups excluding carboxylic acids is 2. The number of hydrogen-bond donors (Lipinski definition) is 1. The van der Waals surface area contributed by atoms with Gasteiger partial charge in [-0.3, -0.25) is 14.0 Å². The Morgan fingerprint density at radius 2 is 1.85 bits per heavy atom. The molecule has 0 spiro atoms. The maximum atomic E-state index is 11.5. The van der Waals surface area contributed by atoms with Crippen molar-refractivity contribution < 1.29 is 9.59 Å². The fourth-order valence-electron chi connectivity index (χ4n) is 3.07. The number of carbonyl (C=O) groups is 2. The lowest BCUT2D eigenvalue weighted by atomic mass is 10.3. The smallest absolute Gasteiger partial charge is 0.268 e. The number of aromatic nitrogens is 5. The molecule has 1 fully saturated rings. The van der Waals surface area contributed by atoms with Crippen molar-refractivity contribution in [1.29, 1.82) is 0 Å². The largest absolute Gasteiger partial charge is 0.364 e. The molecule has 1 aliphatic heterocycles. The zero-order valence-corrected chi connectivity index (χ0v) is 14.7. The highest BCUT2D eigenvalue weighted by Crippen LogP contribution is 2.21. The van der Waals surface area contributed by atoms with Crippen LogP contribution < -0.4 is 10.6 Å². The van der Waals surface area contributed by atoms with Gasteiger partial charge in [-0.05, 0) is 6.07 Å². The molecule has 10 heteroatoms. The van der Waals surface area contributed by atoms with E-state index >= 15 is 0 Å².